The summed E-state index contributed by atoms with van der Waals surface area (Å²) in [6.45, 7) is 0. The normalized spacial score (nSPS) is 18.1. The largest absolute Gasteiger partial charge is 0.352 e. The summed E-state index contributed by atoms with van der Waals surface area (Å²) < 4.78 is 22.4. The molecule has 84 valence electrons. The molecule has 1 aromatic rings. The van der Waals surface area contributed by atoms with Gasteiger partial charge in [-0.25, -0.2) is 0 Å². The van der Waals surface area contributed by atoms with E-state index in [0.717, 1.165) is 0 Å². The molecular formula is C6H10N2O5P2. The van der Waals surface area contributed by atoms with Crippen molar-refractivity contribution in [2.45, 2.75) is 5.52 Å². The number of aromatic nitrogens is 1. The first-order valence-corrected chi connectivity index (χ1v) is 7.22. The van der Waals surface area contributed by atoms with Gasteiger partial charge in [-0.05, 0) is 12.1 Å². The van der Waals surface area contributed by atoms with Crippen LogP contribution in [-0.2, 0) is 9.13 Å². The monoisotopic (exact) mass is 252 g/mol. The summed E-state index contributed by atoms with van der Waals surface area (Å²) in [6, 6.07) is 4.13. The Hall–Kier alpha value is -0.550. The van der Waals surface area contributed by atoms with Gasteiger partial charge in [0.2, 0.25) is 0 Å². The maximum atomic E-state index is 11.6. The van der Waals surface area contributed by atoms with Crippen molar-refractivity contribution in [3.05, 3.63) is 24.4 Å². The maximum absolute atomic E-state index is 11.6. The molecule has 1 rings (SSSR count). The molecule has 0 aliphatic heterocycles. The summed E-state index contributed by atoms with van der Waals surface area (Å²) in [7, 11) is -9.17. The highest BCUT2D eigenvalue weighted by molar-refractivity contribution is 7.78. The van der Waals surface area contributed by atoms with Crippen molar-refractivity contribution in [2.24, 2.45) is 5.73 Å². The maximum Gasteiger partial charge on any atom is 0.352 e. The molecule has 0 radical (unpaired) electrons. The van der Waals surface area contributed by atoms with E-state index in [1.807, 2.05) is 0 Å². The van der Waals surface area contributed by atoms with Crippen LogP contribution in [0.4, 0.5) is 0 Å². The molecule has 0 amide bonds. The predicted molar refractivity (Wildman–Crippen MR) is 53.7 cm³/mol. The number of hydrogen-bond acceptors (Lipinski definition) is 4. The van der Waals surface area contributed by atoms with Gasteiger partial charge >= 0.3 is 7.60 Å². The van der Waals surface area contributed by atoms with Crippen LogP contribution in [0.3, 0.4) is 0 Å². The SMILES string of the molecule is NC(P(=O)(O)O)P(=O)(O)c1ccccn1. The van der Waals surface area contributed by atoms with Gasteiger partial charge < -0.3 is 20.4 Å². The lowest BCUT2D eigenvalue weighted by Gasteiger charge is -2.19. The van der Waals surface area contributed by atoms with Gasteiger partial charge in [0.05, 0.1) is 0 Å². The lowest BCUT2D eigenvalue weighted by molar-refractivity contribution is 0.364. The van der Waals surface area contributed by atoms with Crippen LogP contribution >= 0.6 is 15.0 Å². The van der Waals surface area contributed by atoms with Crippen LogP contribution in [-0.4, -0.2) is 25.2 Å². The van der Waals surface area contributed by atoms with E-state index in [1.54, 1.807) is 0 Å². The fourth-order valence-corrected chi connectivity index (χ4v) is 3.67. The van der Waals surface area contributed by atoms with Crippen LogP contribution in [0.2, 0.25) is 0 Å². The van der Waals surface area contributed by atoms with Gasteiger partial charge in [-0.3, -0.25) is 14.1 Å². The van der Waals surface area contributed by atoms with Crippen molar-refractivity contribution in [1.29, 1.82) is 0 Å². The van der Waals surface area contributed by atoms with Gasteiger partial charge in [0.25, 0.3) is 7.37 Å². The minimum atomic E-state index is -4.82. The van der Waals surface area contributed by atoms with Crippen LogP contribution in [0.5, 0.6) is 0 Å². The molecule has 15 heavy (non-hydrogen) atoms. The summed E-state index contributed by atoms with van der Waals surface area (Å²) >= 11 is 0. The Morgan fingerprint density at radius 1 is 1.27 bits per heavy atom. The average Bonchev–Trinajstić information content (AvgIpc) is 2.16. The topological polar surface area (TPSA) is 134 Å². The van der Waals surface area contributed by atoms with Crippen molar-refractivity contribution >= 4 is 20.4 Å². The average molecular weight is 252 g/mol. The zero-order chi connectivity index (χ0) is 11.7. The van der Waals surface area contributed by atoms with E-state index in [0.29, 0.717) is 0 Å². The van der Waals surface area contributed by atoms with Crippen molar-refractivity contribution in [3.8, 4) is 0 Å². The summed E-state index contributed by atoms with van der Waals surface area (Å²) in [6.07, 6.45) is 1.24. The molecule has 0 fully saturated rings. The third-order valence-electron chi connectivity index (χ3n) is 1.68. The quantitative estimate of drug-likeness (QED) is 0.527. The van der Waals surface area contributed by atoms with E-state index in [2.05, 4.69) is 4.98 Å². The van der Waals surface area contributed by atoms with Crippen LogP contribution in [0.25, 0.3) is 0 Å². The second kappa shape index (κ2) is 4.14. The molecule has 2 unspecified atom stereocenters. The molecule has 1 aromatic heterocycles. The minimum absolute atomic E-state index is 0.319. The van der Waals surface area contributed by atoms with E-state index in [1.165, 1.54) is 24.4 Å². The van der Waals surface area contributed by atoms with Crippen LogP contribution < -0.4 is 11.2 Å². The molecule has 0 saturated carbocycles. The van der Waals surface area contributed by atoms with E-state index in [9.17, 15) is 14.0 Å². The molecule has 7 nitrogen and oxygen atoms in total. The second-order valence-electron chi connectivity index (χ2n) is 2.81. The summed E-state index contributed by atoms with van der Waals surface area (Å²) in [5.41, 5.74) is 2.59. The fourth-order valence-electron chi connectivity index (χ4n) is 0.883. The Labute approximate surface area is 85.6 Å². The van der Waals surface area contributed by atoms with E-state index < -0.39 is 20.5 Å². The first kappa shape index (κ1) is 12.5. The molecular weight excluding hydrogens is 242 g/mol. The van der Waals surface area contributed by atoms with Crippen LogP contribution in [0.15, 0.2) is 24.4 Å². The molecule has 0 aliphatic carbocycles. The zero-order valence-corrected chi connectivity index (χ0v) is 9.25. The van der Waals surface area contributed by atoms with Crippen molar-refractivity contribution < 1.29 is 23.8 Å². The number of nitrogens with two attached hydrogens (primary N) is 1. The number of nitrogens with zero attached hydrogens (tertiary/aromatic N) is 1. The van der Waals surface area contributed by atoms with Gasteiger partial charge in [0.1, 0.15) is 5.44 Å². The fraction of sp³-hybridized carbons (Fsp3) is 0.167. The third-order valence-corrected chi connectivity index (χ3v) is 5.85. The Balaban J connectivity index is 3.15. The number of hydrogen-bond donors (Lipinski definition) is 4. The zero-order valence-electron chi connectivity index (χ0n) is 7.46. The Morgan fingerprint density at radius 2 is 1.87 bits per heavy atom. The molecule has 0 bridgehead atoms. The standard InChI is InChI=1S/C6H10N2O5P2/c7-6(15(11,12)13)14(9,10)5-3-1-2-4-8-5/h1-4,6H,7H2,(H,9,10)(H2,11,12,13). The van der Waals surface area contributed by atoms with Crippen LogP contribution in [0, 0.1) is 0 Å². The van der Waals surface area contributed by atoms with Crippen molar-refractivity contribution in [2.75, 3.05) is 0 Å². The minimum Gasteiger partial charge on any atom is -0.339 e. The van der Waals surface area contributed by atoms with Gasteiger partial charge in [0, 0.05) is 6.20 Å². The second-order valence-corrected chi connectivity index (χ2v) is 7.22. The first-order chi connectivity index (χ1) is 6.76. The molecule has 1 heterocycles. The lowest BCUT2D eigenvalue weighted by Crippen LogP contribution is -2.27. The highest BCUT2D eigenvalue weighted by atomic mass is 31.2. The Kier molecular flexibility index (Phi) is 3.45. The summed E-state index contributed by atoms with van der Waals surface area (Å²) in [5, 5.41) is 0. The molecule has 0 aliphatic rings. The summed E-state index contributed by atoms with van der Waals surface area (Å²) in [4.78, 5) is 30.4. The van der Waals surface area contributed by atoms with E-state index in [-0.39, 0.29) is 5.44 Å². The Bertz CT molecular complexity index is 430. The highest BCUT2D eigenvalue weighted by Gasteiger charge is 2.43. The van der Waals surface area contributed by atoms with Crippen molar-refractivity contribution in [1.82, 2.24) is 4.98 Å². The smallest absolute Gasteiger partial charge is 0.339 e. The molecule has 9 heteroatoms. The summed E-state index contributed by atoms with van der Waals surface area (Å²) in [5.74, 6) is 0. The molecule has 0 spiro atoms. The highest BCUT2D eigenvalue weighted by Crippen LogP contribution is 2.58. The molecule has 0 saturated heterocycles. The van der Waals surface area contributed by atoms with Gasteiger partial charge in [-0.15, -0.1) is 0 Å². The third kappa shape index (κ3) is 2.72. The Morgan fingerprint density at radius 3 is 2.27 bits per heavy atom. The van der Waals surface area contributed by atoms with Crippen molar-refractivity contribution in [3.63, 3.8) is 0 Å². The number of pyridine rings is 1. The van der Waals surface area contributed by atoms with E-state index >= 15 is 0 Å². The van der Waals surface area contributed by atoms with Crippen LogP contribution in [0.1, 0.15) is 0 Å². The van der Waals surface area contributed by atoms with Gasteiger partial charge in [-0.1, -0.05) is 6.07 Å². The number of rotatable bonds is 3. The molecule has 2 atom stereocenters. The lowest BCUT2D eigenvalue weighted by atomic mass is 10.5. The molecule has 5 N–H and O–H groups in total. The van der Waals surface area contributed by atoms with Gasteiger partial charge in [-0.2, -0.15) is 0 Å². The van der Waals surface area contributed by atoms with E-state index in [4.69, 9.17) is 15.5 Å². The predicted octanol–water partition coefficient (Wildman–Crippen LogP) is -0.603. The first-order valence-electron chi connectivity index (χ1n) is 3.81. The van der Waals surface area contributed by atoms with Gasteiger partial charge in [0.15, 0.2) is 5.52 Å². The molecule has 0 aromatic carbocycles.